The molecule has 0 unspecified atom stereocenters. The Labute approximate surface area is 69.6 Å². The van der Waals surface area contributed by atoms with Crippen molar-refractivity contribution >= 4 is 6.29 Å². The van der Waals surface area contributed by atoms with Gasteiger partial charge >= 0.3 is 0 Å². The number of aldehydes is 1. The van der Waals surface area contributed by atoms with E-state index in [4.69, 9.17) is 5.11 Å². The largest absolute Gasteiger partial charge is 0.507 e. The molecule has 0 saturated heterocycles. The predicted molar refractivity (Wildman–Crippen MR) is 42.8 cm³/mol. The Hall–Kier alpha value is -1.38. The first-order valence-corrected chi connectivity index (χ1v) is 3.66. The lowest BCUT2D eigenvalue weighted by atomic mass is 10.1. The van der Waals surface area contributed by atoms with Gasteiger partial charge in [0, 0.05) is 0 Å². The van der Waals surface area contributed by atoms with Gasteiger partial charge in [-0.1, -0.05) is 13.0 Å². The summed E-state index contributed by atoms with van der Waals surface area (Å²) in [4.78, 5) is 10.3. The van der Waals surface area contributed by atoms with Crippen molar-refractivity contribution in [3.05, 3.63) is 29.1 Å². The molecule has 0 amide bonds. The van der Waals surface area contributed by atoms with Gasteiger partial charge in [-0.25, -0.2) is 4.39 Å². The van der Waals surface area contributed by atoms with Crippen LogP contribution < -0.4 is 0 Å². The highest BCUT2D eigenvalue weighted by atomic mass is 19.1. The summed E-state index contributed by atoms with van der Waals surface area (Å²) in [7, 11) is 0. The van der Waals surface area contributed by atoms with Gasteiger partial charge in [0.05, 0.1) is 5.56 Å². The second-order valence-electron chi connectivity index (χ2n) is 2.44. The zero-order valence-electron chi connectivity index (χ0n) is 6.67. The second kappa shape index (κ2) is 3.34. The Morgan fingerprint density at radius 1 is 1.58 bits per heavy atom. The Kier molecular flexibility index (Phi) is 2.43. The van der Waals surface area contributed by atoms with Crippen LogP contribution in [-0.4, -0.2) is 11.4 Å². The van der Waals surface area contributed by atoms with Gasteiger partial charge in [0.1, 0.15) is 11.6 Å². The molecule has 1 rings (SSSR count). The molecule has 0 aromatic heterocycles. The molecule has 0 radical (unpaired) electrons. The molecular weight excluding hydrogens is 159 g/mol. The summed E-state index contributed by atoms with van der Waals surface area (Å²) in [6, 6.07) is 2.79. The lowest BCUT2D eigenvalue weighted by Crippen LogP contribution is -1.94. The highest BCUT2D eigenvalue weighted by Gasteiger charge is 2.10. The maximum atomic E-state index is 13.1. The molecule has 0 saturated carbocycles. The number of hydrogen-bond donors (Lipinski definition) is 1. The van der Waals surface area contributed by atoms with E-state index < -0.39 is 5.82 Å². The Bertz CT molecular complexity index is 308. The quantitative estimate of drug-likeness (QED) is 0.685. The molecule has 1 aromatic rings. The first kappa shape index (κ1) is 8.71. The van der Waals surface area contributed by atoms with Crippen molar-refractivity contribution in [3.8, 4) is 5.75 Å². The van der Waals surface area contributed by atoms with Crippen molar-refractivity contribution < 1.29 is 14.3 Å². The molecule has 2 nitrogen and oxygen atoms in total. The molecule has 12 heavy (non-hydrogen) atoms. The van der Waals surface area contributed by atoms with Crippen molar-refractivity contribution in [2.75, 3.05) is 0 Å². The van der Waals surface area contributed by atoms with Gasteiger partial charge in [-0.2, -0.15) is 0 Å². The van der Waals surface area contributed by atoms with E-state index in [1.807, 2.05) is 0 Å². The fourth-order valence-corrected chi connectivity index (χ4v) is 1.01. The summed E-state index contributed by atoms with van der Waals surface area (Å²) in [6.45, 7) is 1.78. The molecule has 1 aromatic carbocycles. The molecule has 0 spiro atoms. The summed E-state index contributed by atoms with van der Waals surface area (Å²) in [6.07, 6.45) is 0.830. The van der Waals surface area contributed by atoms with E-state index in [2.05, 4.69) is 0 Å². The number of phenols is 1. The van der Waals surface area contributed by atoms with E-state index in [-0.39, 0.29) is 11.3 Å². The van der Waals surface area contributed by atoms with E-state index in [9.17, 15) is 9.18 Å². The van der Waals surface area contributed by atoms with Crippen molar-refractivity contribution in [1.82, 2.24) is 0 Å². The minimum absolute atomic E-state index is 0.255. The zero-order valence-corrected chi connectivity index (χ0v) is 6.67. The third-order valence-electron chi connectivity index (χ3n) is 1.74. The number of phenolic OH excluding ortho intramolecular Hbond substituents is 1. The average molecular weight is 168 g/mol. The fraction of sp³-hybridized carbons (Fsp3) is 0.222. The SMILES string of the molecule is CCc1ccc(O)c(C=O)c1F. The van der Waals surface area contributed by atoms with Gasteiger partial charge in [0.2, 0.25) is 0 Å². The summed E-state index contributed by atoms with van der Waals surface area (Å²) in [5.41, 5.74) is 0.184. The smallest absolute Gasteiger partial charge is 0.156 e. The number of hydrogen-bond acceptors (Lipinski definition) is 2. The van der Waals surface area contributed by atoms with Crippen molar-refractivity contribution in [3.63, 3.8) is 0 Å². The van der Waals surface area contributed by atoms with Crippen LogP contribution in [0.25, 0.3) is 0 Å². The number of aromatic hydroxyl groups is 1. The van der Waals surface area contributed by atoms with Crippen LogP contribution in [0.2, 0.25) is 0 Å². The van der Waals surface area contributed by atoms with E-state index in [0.717, 1.165) is 0 Å². The number of carbonyl (C=O) groups is 1. The first-order chi connectivity index (χ1) is 5.70. The minimum Gasteiger partial charge on any atom is -0.507 e. The average Bonchev–Trinajstić information content (AvgIpc) is 2.06. The van der Waals surface area contributed by atoms with Crippen LogP contribution >= 0.6 is 0 Å². The van der Waals surface area contributed by atoms with Crippen molar-refractivity contribution in [2.45, 2.75) is 13.3 Å². The van der Waals surface area contributed by atoms with Crippen LogP contribution in [0.1, 0.15) is 22.8 Å². The molecule has 1 N–H and O–H groups in total. The van der Waals surface area contributed by atoms with Crippen LogP contribution in [0.4, 0.5) is 4.39 Å². The van der Waals surface area contributed by atoms with Gasteiger partial charge in [-0.15, -0.1) is 0 Å². The Morgan fingerprint density at radius 3 is 2.75 bits per heavy atom. The topological polar surface area (TPSA) is 37.3 Å². The molecule has 0 aliphatic heterocycles. The highest BCUT2D eigenvalue weighted by molar-refractivity contribution is 5.79. The van der Waals surface area contributed by atoms with Crippen LogP contribution in [0.5, 0.6) is 5.75 Å². The molecule has 0 aliphatic carbocycles. The molecule has 0 aliphatic rings. The Balaban J connectivity index is 3.33. The van der Waals surface area contributed by atoms with Gasteiger partial charge in [-0.05, 0) is 18.1 Å². The van der Waals surface area contributed by atoms with Crippen LogP contribution in [0.15, 0.2) is 12.1 Å². The van der Waals surface area contributed by atoms with Gasteiger partial charge in [-0.3, -0.25) is 4.79 Å². The first-order valence-electron chi connectivity index (χ1n) is 3.66. The zero-order chi connectivity index (χ0) is 9.14. The normalized spacial score (nSPS) is 9.83. The predicted octanol–water partition coefficient (Wildman–Crippen LogP) is 1.91. The number of benzene rings is 1. The highest BCUT2D eigenvalue weighted by Crippen LogP contribution is 2.21. The van der Waals surface area contributed by atoms with Gasteiger partial charge < -0.3 is 5.11 Å². The molecule has 3 heteroatoms. The second-order valence-corrected chi connectivity index (χ2v) is 2.44. The van der Waals surface area contributed by atoms with E-state index in [1.54, 1.807) is 6.92 Å². The van der Waals surface area contributed by atoms with Crippen LogP contribution in [-0.2, 0) is 6.42 Å². The summed E-state index contributed by atoms with van der Waals surface area (Å²) >= 11 is 0. The van der Waals surface area contributed by atoms with Crippen LogP contribution in [0, 0.1) is 5.82 Å². The van der Waals surface area contributed by atoms with E-state index in [1.165, 1.54) is 12.1 Å². The molecule has 0 heterocycles. The number of halogens is 1. The van der Waals surface area contributed by atoms with Gasteiger partial charge in [0.25, 0.3) is 0 Å². The Morgan fingerprint density at radius 2 is 2.25 bits per heavy atom. The van der Waals surface area contributed by atoms with Crippen molar-refractivity contribution in [2.24, 2.45) is 0 Å². The third-order valence-corrected chi connectivity index (χ3v) is 1.74. The summed E-state index contributed by atoms with van der Waals surface area (Å²) in [5, 5.41) is 9.04. The minimum atomic E-state index is -0.618. The molecule has 0 bridgehead atoms. The maximum absolute atomic E-state index is 13.1. The van der Waals surface area contributed by atoms with E-state index >= 15 is 0 Å². The monoisotopic (exact) mass is 168 g/mol. The van der Waals surface area contributed by atoms with Gasteiger partial charge in [0.15, 0.2) is 6.29 Å². The van der Waals surface area contributed by atoms with Crippen LogP contribution in [0.3, 0.4) is 0 Å². The lowest BCUT2D eigenvalue weighted by molar-refractivity contribution is 0.111. The van der Waals surface area contributed by atoms with Crippen molar-refractivity contribution in [1.29, 1.82) is 0 Å². The standard InChI is InChI=1S/C9H9FO2/c1-2-6-3-4-8(12)7(5-11)9(6)10/h3-5,12H,2H2,1H3. The summed E-state index contributed by atoms with van der Waals surface area (Å²) in [5.74, 6) is -0.924. The number of rotatable bonds is 2. The molecule has 0 fully saturated rings. The molecule has 0 atom stereocenters. The number of carbonyl (C=O) groups excluding carboxylic acids is 1. The third kappa shape index (κ3) is 1.30. The number of aryl methyl sites for hydroxylation is 1. The van der Waals surface area contributed by atoms with E-state index in [0.29, 0.717) is 18.3 Å². The summed E-state index contributed by atoms with van der Waals surface area (Å²) < 4.78 is 13.1. The lowest BCUT2D eigenvalue weighted by Gasteiger charge is -2.03. The maximum Gasteiger partial charge on any atom is 0.156 e. The molecule has 64 valence electrons. The molecular formula is C9H9FO2. The fourth-order valence-electron chi connectivity index (χ4n) is 1.01.